The summed E-state index contributed by atoms with van der Waals surface area (Å²) < 4.78 is 5.15. The molecule has 100 valence electrons. The van der Waals surface area contributed by atoms with Crippen LogP contribution >= 0.6 is 0 Å². The summed E-state index contributed by atoms with van der Waals surface area (Å²) in [5, 5.41) is 2.78. The zero-order valence-electron chi connectivity index (χ0n) is 10.2. The lowest BCUT2D eigenvalue weighted by atomic mass is 10.0. The highest BCUT2D eigenvalue weighted by Crippen LogP contribution is 2.24. The number of nitrogens with one attached hydrogen (secondary N) is 1. The number of fused-ring (bicyclic) bond motifs is 1. The average molecular weight is 262 g/mol. The van der Waals surface area contributed by atoms with E-state index in [1.165, 1.54) is 0 Å². The molecular formula is C12H14N4O3. The third kappa shape index (κ3) is 2.18. The second kappa shape index (κ2) is 4.42. The number of anilines is 1. The van der Waals surface area contributed by atoms with Gasteiger partial charge < -0.3 is 20.7 Å². The van der Waals surface area contributed by atoms with Crippen LogP contribution in [0.4, 0.5) is 10.5 Å². The van der Waals surface area contributed by atoms with Crippen molar-refractivity contribution in [3.63, 3.8) is 0 Å². The molecule has 2 aliphatic rings. The Kier molecular flexibility index (Phi) is 2.73. The van der Waals surface area contributed by atoms with E-state index in [0.717, 1.165) is 18.7 Å². The Morgan fingerprint density at radius 2 is 2.42 bits per heavy atom. The summed E-state index contributed by atoms with van der Waals surface area (Å²) in [7, 11) is 0. The van der Waals surface area contributed by atoms with Crippen molar-refractivity contribution in [2.75, 3.05) is 18.0 Å². The first kappa shape index (κ1) is 11.8. The molecule has 2 unspecified atom stereocenters. The number of ether oxygens (including phenoxy) is 1. The number of piperidine rings is 1. The molecule has 0 aromatic carbocycles. The molecule has 3 heterocycles. The largest absolute Gasteiger partial charge is 0.444 e. The quantitative estimate of drug-likeness (QED) is 0.773. The number of pyridine rings is 1. The third-order valence-corrected chi connectivity index (χ3v) is 3.47. The average Bonchev–Trinajstić information content (AvgIpc) is 2.77. The van der Waals surface area contributed by atoms with Gasteiger partial charge in [-0.05, 0) is 12.1 Å². The van der Waals surface area contributed by atoms with Gasteiger partial charge in [0.2, 0.25) is 0 Å². The smallest absolute Gasteiger partial charge is 0.407 e. The predicted octanol–water partition coefficient (Wildman–Crippen LogP) is -0.132. The van der Waals surface area contributed by atoms with Crippen LogP contribution in [0.2, 0.25) is 0 Å². The molecule has 7 heteroatoms. The molecule has 0 bridgehead atoms. The lowest BCUT2D eigenvalue weighted by molar-refractivity contribution is 0.0995. The molecule has 3 rings (SSSR count). The monoisotopic (exact) mass is 262 g/mol. The van der Waals surface area contributed by atoms with Gasteiger partial charge in [0.05, 0.1) is 6.04 Å². The normalized spacial score (nSPS) is 25.5. The molecule has 1 aromatic rings. The van der Waals surface area contributed by atoms with Crippen LogP contribution in [0.5, 0.6) is 0 Å². The number of aromatic nitrogens is 1. The topological polar surface area (TPSA) is 97.5 Å². The molecule has 0 saturated carbocycles. The minimum absolute atomic E-state index is 0.00792. The third-order valence-electron chi connectivity index (χ3n) is 3.47. The maximum atomic E-state index is 11.2. The first-order valence-electron chi connectivity index (χ1n) is 6.11. The molecule has 19 heavy (non-hydrogen) atoms. The van der Waals surface area contributed by atoms with E-state index < -0.39 is 5.91 Å². The fourth-order valence-electron chi connectivity index (χ4n) is 2.52. The van der Waals surface area contributed by atoms with E-state index in [2.05, 4.69) is 15.2 Å². The Morgan fingerprint density at radius 3 is 3.21 bits per heavy atom. The number of amides is 2. The molecule has 2 amide bonds. The van der Waals surface area contributed by atoms with Gasteiger partial charge in [0.25, 0.3) is 5.91 Å². The van der Waals surface area contributed by atoms with Crippen LogP contribution in [0.15, 0.2) is 18.3 Å². The van der Waals surface area contributed by atoms with E-state index in [1.54, 1.807) is 12.3 Å². The van der Waals surface area contributed by atoms with E-state index >= 15 is 0 Å². The first-order valence-corrected chi connectivity index (χ1v) is 6.11. The van der Waals surface area contributed by atoms with Crippen LogP contribution in [0, 0.1) is 0 Å². The molecule has 1 aromatic heterocycles. The molecular weight excluding hydrogens is 248 g/mol. The standard InChI is InChI=1S/C12H14N4O3/c13-11(17)8-5-7(1-3-14-8)16-4-2-10-9(6-16)15-12(18)19-10/h1,3,5,9-10H,2,4,6H2,(H2,13,17)(H,15,18). The number of carbonyl (C=O) groups is 2. The second-order valence-corrected chi connectivity index (χ2v) is 4.69. The molecule has 2 fully saturated rings. The number of hydrogen-bond donors (Lipinski definition) is 2. The van der Waals surface area contributed by atoms with Crippen molar-refractivity contribution in [1.82, 2.24) is 10.3 Å². The Morgan fingerprint density at radius 1 is 1.58 bits per heavy atom. The molecule has 0 spiro atoms. The Balaban J connectivity index is 1.78. The van der Waals surface area contributed by atoms with Gasteiger partial charge in [-0.2, -0.15) is 0 Å². The summed E-state index contributed by atoms with van der Waals surface area (Å²) in [6.07, 6.45) is 1.91. The van der Waals surface area contributed by atoms with Crippen molar-refractivity contribution in [1.29, 1.82) is 0 Å². The van der Waals surface area contributed by atoms with Crippen molar-refractivity contribution in [3.05, 3.63) is 24.0 Å². The predicted molar refractivity (Wildman–Crippen MR) is 66.8 cm³/mol. The van der Waals surface area contributed by atoms with E-state index in [9.17, 15) is 9.59 Å². The molecule has 2 atom stereocenters. The summed E-state index contributed by atoms with van der Waals surface area (Å²) in [6, 6.07) is 3.48. The highest BCUT2D eigenvalue weighted by Gasteiger charge is 2.38. The van der Waals surface area contributed by atoms with Crippen molar-refractivity contribution in [3.8, 4) is 0 Å². The summed E-state index contributed by atoms with van der Waals surface area (Å²) in [5.74, 6) is -0.547. The minimum atomic E-state index is -0.547. The van der Waals surface area contributed by atoms with Crippen LogP contribution < -0.4 is 16.0 Å². The molecule has 0 aliphatic carbocycles. The molecule has 2 saturated heterocycles. The number of hydrogen-bond acceptors (Lipinski definition) is 5. The summed E-state index contributed by atoms with van der Waals surface area (Å²) >= 11 is 0. The van der Waals surface area contributed by atoms with Crippen molar-refractivity contribution < 1.29 is 14.3 Å². The lowest BCUT2D eigenvalue weighted by Gasteiger charge is -2.34. The highest BCUT2D eigenvalue weighted by atomic mass is 16.6. The van der Waals surface area contributed by atoms with Crippen LogP contribution in [-0.4, -0.2) is 42.2 Å². The SMILES string of the molecule is NC(=O)c1cc(N2CCC3OC(=O)NC3C2)ccn1. The summed E-state index contributed by atoms with van der Waals surface area (Å²) in [6.45, 7) is 1.41. The van der Waals surface area contributed by atoms with Gasteiger partial charge in [0.1, 0.15) is 11.8 Å². The fourth-order valence-corrected chi connectivity index (χ4v) is 2.52. The number of rotatable bonds is 2. The van der Waals surface area contributed by atoms with Crippen LogP contribution in [-0.2, 0) is 4.74 Å². The van der Waals surface area contributed by atoms with Gasteiger partial charge >= 0.3 is 6.09 Å². The Bertz CT molecular complexity index is 533. The fraction of sp³-hybridized carbons (Fsp3) is 0.417. The van der Waals surface area contributed by atoms with Gasteiger partial charge in [0, 0.05) is 31.4 Å². The number of alkyl carbamates (subject to hydrolysis) is 1. The highest BCUT2D eigenvalue weighted by molar-refractivity contribution is 5.91. The minimum Gasteiger partial charge on any atom is -0.444 e. The number of nitrogens with two attached hydrogens (primary N) is 1. The van der Waals surface area contributed by atoms with E-state index in [4.69, 9.17) is 10.5 Å². The second-order valence-electron chi connectivity index (χ2n) is 4.69. The van der Waals surface area contributed by atoms with Gasteiger partial charge in [-0.25, -0.2) is 4.79 Å². The van der Waals surface area contributed by atoms with Gasteiger partial charge in [-0.3, -0.25) is 9.78 Å². The van der Waals surface area contributed by atoms with E-state index in [1.807, 2.05) is 6.07 Å². The maximum Gasteiger partial charge on any atom is 0.407 e. The van der Waals surface area contributed by atoms with Gasteiger partial charge in [0.15, 0.2) is 0 Å². The summed E-state index contributed by atoms with van der Waals surface area (Å²) in [5.41, 5.74) is 6.34. The molecule has 7 nitrogen and oxygen atoms in total. The Hall–Kier alpha value is -2.31. The van der Waals surface area contributed by atoms with Gasteiger partial charge in [-0.1, -0.05) is 0 Å². The van der Waals surface area contributed by atoms with Gasteiger partial charge in [-0.15, -0.1) is 0 Å². The molecule has 3 N–H and O–H groups in total. The van der Waals surface area contributed by atoms with E-state index in [-0.39, 0.29) is 23.9 Å². The van der Waals surface area contributed by atoms with Crippen LogP contribution in [0.3, 0.4) is 0 Å². The number of nitrogens with zero attached hydrogens (tertiary/aromatic N) is 2. The number of primary amides is 1. The van der Waals surface area contributed by atoms with Crippen LogP contribution in [0.25, 0.3) is 0 Å². The summed E-state index contributed by atoms with van der Waals surface area (Å²) in [4.78, 5) is 28.3. The zero-order valence-corrected chi connectivity index (χ0v) is 10.2. The lowest BCUT2D eigenvalue weighted by Crippen LogP contribution is -2.49. The Labute approximate surface area is 109 Å². The maximum absolute atomic E-state index is 11.2. The van der Waals surface area contributed by atoms with E-state index in [0.29, 0.717) is 6.54 Å². The van der Waals surface area contributed by atoms with Crippen molar-refractivity contribution in [2.45, 2.75) is 18.6 Å². The van der Waals surface area contributed by atoms with Crippen LogP contribution in [0.1, 0.15) is 16.9 Å². The number of carbonyl (C=O) groups excluding carboxylic acids is 2. The van der Waals surface area contributed by atoms with Crippen molar-refractivity contribution in [2.24, 2.45) is 5.73 Å². The molecule has 2 aliphatic heterocycles. The van der Waals surface area contributed by atoms with Crippen molar-refractivity contribution >= 4 is 17.7 Å². The molecule has 0 radical (unpaired) electrons. The first-order chi connectivity index (χ1) is 9.13. The zero-order chi connectivity index (χ0) is 13.4.